The summed E-state index contributed by atoms with van der Waals surface area (Å²) in [7, 11) is -3.15. The van der Waals surface area contributed by atoms with Crippen LogP contribution >= 0.6 is 0 Å². The van der Waals surface area contributed by atoms with Crippen molar-refractivity contribution in [2.24, 2.45) is 0 Å². The highest BCUT2D eigenvalue weighted by molar-refractivity contribution is 7.90. The lowest BCUT2D eigenvalue weighted by atomic mass is 10.0. The van der Waals surface area contributed by atoms with Gasteiger partial charge < -0.3 is 20.1 Å². The summed E-state index contributed by atoms with van der Waals surface area (Å²) in [4.78, 5) is 52.9. The maximum Gasteiger partial charge on any atom is 0.416 e. The van der Waals surface area contributed by atoms with Crippen molar-refractivity contribution in [3.05, 3.63) is 162 Å². The van der Waals surface area contributed by atoms with Gasteiger partial charge in [-0.05, 0) is 66.2 Å². The van der Waals surface area contributed by atoms with Crippen LogP contribution in [0.3, 0.4) is 0 Å². The zero-order valence-electron chi connectivity index (χ0n) is 30.2. The number of amides is 3. The van der Waals surface area contributed by atoms with Gasteiger partial charge in [-0.15, -0.1) is 0 Å². The standard InChI is InChI=1S/C41H31F3N6O7S/c1-3-25-14-15-27(22-33(25)57-35-23-34(56-2)47-37(48-35)26-9-5-4-6-10-26)36(49-38(51)29-12-8-20-45-24-29)40(53)46-31-13-7-11-28(21-31)39(52)50-58(54,55)32-18-16-30(17-19-32)41(42,43)44/h3-24,36H,1H2,2H3,(H,46,53)(H,49,51)(H,50,52). The molecule has 294 valence electrons. The Morgan fingerprint density at radius 2 is 1.53 bits per heavy atom. The Bertz CT molecular complexity index is 2590. The summed E-state index contributed by atoms with van der Waals surface area (Å²) in [5, 5.41) is 5.34. The molecule has 0 fully saturated rings. The summed E-state index contributed by atoms with van der Waals surface area (Å²) in [5.41, 5.74) is 0.341. The molecule has 0 radical (unpaired) electrons. The number of benzene rings is 4. The molecule has 3 amide bonds. The third kappa shape index (κ3) is 9.69. The molecule has 4 aromatic carbocycles. The largest absolute Gasteiger partial charge is 0.481 e. The SMILES string of the molecule is C=Cc1ccc(C(NC(=O)c2cccnc2)C(=O)Nc2cccc(C(=O)NS(=O)(=O)c3ccc(C(F)(F)F)cc3)c2)cc1Oc1cc(OC)nc(-c2ccccc2)n1. The zero-order valence-corrected chi connectivity index (χ0v) is 31.0. The molecule has 3 N–H and O–H groups in total. The molecule has 2 heterocycles. The number of sulfonamides is 1. The summed E-state index contributed by atoms with van der Waals surface area (Å²) in [5.74, 6) is -1.72. The fraction of sp³-hybridized carbons (Fsp3) is 0.0732. The lowest BCUT2D eigenvalue weighted by Gasteiger charge is -2.21. The van der Waals surface area contributed by atoms with E-state index in [2.05, 4.69) is 32.2 Å². The Kier molecular flexibility index (Phi) is 11.9. The summed E-state index contributed by atoms with van der Waals surface area (Å²) < 4.78 is 78.1. The number of hydrogen-bond donors (Lipinski definition) is 3. The van der Waals surface area contributed by atoms with Crippen molar-refractivity contribution in [2.75, 3.05) is 12.4 Å². The Morgan fingerprint density at radius 1 is 0.810 bits per heavy atom. The molecule has 2 aromatic heterocycles. The highest BCUT2D eigenvalue weighted by atomic mass is 32.2. The third-order valence-electron chi connectivity index (χ3n) is 8.30. The van der Waals surface area contributed by atoms with Gasteiger partial charge in [0.2, 0.25) is 11.8 Å². The van der Waals surface area contributed by atoms with Gasteiger partial charge in [0.25, 0.3) is 27.7 Å². The third-order valence-corrected chi connectivity index (χ3v) is 9.65. The molecular weight excluding hydrogens is 778 g/mol. The predicted molar refractivity (Wildman–Crippen MR) is 206 cm³/mol. The molecule has 13 nitrogen and oxygen atoms in total. The molecule has 0 bridgehead atoms. The van der Waals surface area contributed by atoms with E-state index in [0.717, 1.165) is 12.1 Å². The van der Waals surface area contributed by atoms with Crippen molar-refractivity contribution in [1.82, 2.24) is 25.0 Å². The maximum absolute atomic E-state index is 14.1. The summed E-state index contributed by atoms with van der Waals surface area (Å²) in [6.07, 6.45) is -0.385. The van der Waals surface area contributed by atoms with Crippen LogP contribution < -0.4 is 24.8 Å². The Labute approximate surface area is 329 Å². The monoisotopic (exact) mass is 808 g/mol. The highest BCUT2D eigenvalue weighted by Gasteiger charge is 2.31. The van der Waals surface area contributed by atoms with Crippen LogP contribution in [0.25, 0.3) is 17.5 Å². The van der Waals surface area contributed by atoms with E-state index in [-0.39, 0.29) is 39.9 Å². The van der Waals surface area contributed by atoms with Gasteiger partial charge in [0.05, 0.1) is 29.2 Å². The average Bonchev–Trinajstić information content (AvgIpc) is 3.22. The highest BCUT2D eigenvalue weighted by Crippen LogP contribution is 2.33. The molecule has 1 atom stereocenters. The minimum atomic E-state index is -4.69. The van der Waals surface area contributed by atoms with Crippen LogP contribution in [0.2, 0.25) is 0 Å². The van der Waals surface area contributed by atoms with E-state index in [1.54, 1.807) is 18.2 Å². The van der Waals surface area contributed by atoms with E-state index in [0.29, 0.717) is 29.1 Å². The fourth-order valence-electron chi connectivity index (χ4n) is 5.40. The van der Waals surface area contributed by atoms with Crippen molar-refractivity contribution in [1.29, 1.82) is 0 Å². The van der Waals surface area contributed by atoms with Crippen LogP contribution in [0.1, 0.15) is 43.4 Å². The second-order valence-electron chi connectivity index (χ2n) is 12.2. The van der Waals surface area contributed by atoms with Gasteiger partial charge in [0.1, 0.15) is 11.8 Å². The van der Waals surface area contributed by atoms with Crippen LogP contribution in [0.4, 0.5) is 18.9 Å². The number of alkyl halides is 3. The number of carbonyl (C=O) groups is 3. The van der Waals surface area contributed by atoms with E-state index >= 15 is 0 Å². The number of nitrogens with zero attached hydrogens (tertiary/aromatic N) is 3. The maximum atomic E-state index is 14.1. The average molecular weight is 809 g/mol. The number of ether oxygens (including phenoxy) is 2. The van der Waals surface area contributed by atoms with Crippen molar-refractivity contribution < 1.29 is 45.4 Å². The molecule has 0 aliphatic rings. The van der Waals surface area contributed by atoms with Gasteiger partial charge in [-0.2, -0.15) is 23.1 Å². The number of hydrogen-bond acceptors (Lipinski definition) is 10. The van der Waals surface area contributed by atoms with Crippen LogP contribution in [0.5, 0.6) is 17.5 Å². The molecule has 6 aromatic rings. The molecular formula is C41H31F3N6O7S. The van der Waals surface area contributed by atoms with Crippen LogP contribution in [0.15, 0.2) is 139 Å². The Balaban J connectivity index is 1.28. The topological polar surface area (TPSA) is 179 Å². The number of halogens is 3. The van der Waals surface area contributed by atoms with Crippen LogP contribution in [0, 0.1) is 0 Å². The van der Waals surface area contributed by atoms with Crippen LogP contribution in [-0.2, 0) is 21.0 Å². The first-order valence-corrected chi connectivity index (χ1v) is 18.5. The van der Waals surface area contributed by atoms with Gasteiger partial charge >= 0.3 is 6.18 Å². The molecule has 1 unspecified atom stereocenters. The molecule has 6 rings (SSSR count). The van der Waals surface area contributed by atoms with Crippen molar-refractivity contribution in [2.45, 2.75) is 17.1 Å². The Hall–Kier alpha value is -7.40. The van der Waals surface area contributed by atoms with Gasteiger partial charge in [-0.1, -0.05) is 61.2 Å². The number of nitrogens with one attached hydrogen (secondary N) is 3. The first-order chi connectivity index (χ1) is 27.7. The van der Waals surface area contributed by atoms with Gasteiger partial charge in [-0.25, -0.2) is 13.1 Å². The second kappa shape index (κ2) is 17.2. The van der Waals surface area contributed by atoms with E-state index in [9.17, 15) is 36.0 Å². The Morgan fingerprint density at radius 3 is 2.21 bits per heavy atom. The molecule has 0 saturated heterocycles. The second-order valence-corrected chi connectivity index (χ2v) is 13.9. The normalized spacial score (nSPS) is 11.8. The number of methoxy groups -OCH3 is 1. The minimum absolute atomic E-state index is 0.0333. The lowest BCUT2D eigenvalue weighted by Crippen LogP contribution is -2.37. The molecule has 0 aliphatic carbocycles. The molecule has 0 spiro atoms. The number of carbonyl (C=O) groups excluding carboxylic acids is 3. The molecule has 17 heteroatoms. The lowest BCUT2D eigenvalue weighted by molar-refractivity contribution is -0.137. The van der Waals surface area contributed by atoms with Crippen LogP contribution in [-0.4, -0.2) is 48.2 Å². The van der Waals surface area contributed by atoms with E-state index < -0.39 is 50.4 Å². The van der Waals surface area contributed by atoms with E-state index in [1.807, 2.05) is 35.1 Å². The molecule has 58 heavy (non-hydrogen) atoms. The number of aromatic nitrogens is 3. The van der Waals surface area contributed by atoms with Crippen molar-refractivity contribution in [3.63, 3.8) is 0 Å². The summed E-state index contributed by atoms with van der Waals surface area (Å²) in [6.45, 7) is 3.85. The molecule has 0 saturated carbocycles. The quantitative estimate of drug-likeness (QED) is 0.108. The molecule has 0 aliphatic heterocycles. The van der Waals surface area contributed by atoms with Gasteiger partial charge in [0, 0.05) is 34.8 Å². The minimum Gasteiger partial charge on any atom is -0.481 e. The number of pyridine rings is 1. The fourth-order valence-corrected chi connectivity index (χ4v) is 6.38. The number of anilines is 1. The van der Waals surface area contributed by atoms with E-state index in [1.165, 1.54) is 68.0 Å². The van der Waals surface area contributed by atoms with Gasteiger partial charge in [-0.3, -0.25) is 19.4 Å². The smallest absolute Gasteiger partial charge is 0.416 e. The summed E-state index contributed by atoms with van der Waals surface area (Å²) >= 11 is 0. The van der Waals surface area contributed by atoms with Gasteiger partial charge in [0.15, 0.2) is 5.82 Å². The van der Waals surface area contributed by atoms with Crippen molar-refractivity contribution in [3.8, 4) is 28.9 Å². The van der Waals surface area contributed by atoms with E-state index in [4.69, 9.17) is 9.47 Å². The summed E-state index contributed by atoms with van der Waals surface area (Å²) in [6, 6.07) is 24.8. The van der Waals surface area contributed by atoms with Crippen molar-refractivity contribution >= 4 is 39.5 Å². The first-order valence-electron chi connectivity index (χ1n) is 17.0. The first kappa shape index (κ1) is 40.3. The predicted octanol–water partition coefficient (Wildman–Crippen LogP) is 7.23. The number of rotatable bonds is 13. The zero-order chi connectivity index (χ0) is 41.5.